The minimum Gasteiger partial charge on any atom is -0.392 e. The molecule has 0 amide bonds. The molecule has 27 heavy (non-hydrogen) atoms. The molecule has 0 radical (unpaired) electrons. The fraction of sp³-hybridized carbons (Fsp3) is 0.105. The molecule has 0 saturated carbocycles. The molecule has 3 N–H and O–H groups in total. The first kappa shape index (κ1) is 16.5. The Balaban J connectivity index is 1.81. The molecule has 0 aliphatic heterocycles. The Kier molecular flexibility index (Phi) is 4.10. The number of benzene rings is 1. The zero-order valence-electron chi connectivity index (χ0n) is 14.5. The Morgan fingerprint density at radius 1 is 1.19 bits per heavy atom. The van der Waals surface area contributed by atoms with E-state index < -0.39 is 0 Å². The maximum absolute atomic E-state index is 7.34. The molecule has 132 valence electrons. The minimum absolute atomic E-state index is 0.153. The third-order valence-corrected chi connectivity index (χ3v) is 4.24. The number of hydrogen-bond donors (Lipinski definition) is 2. The van der Waals surface area contributed by atoms with Crippen LogP contribution < -0.4 is 11.1 Å². The van der Waals surface area contributed by atoms with Gasteiger partial charge in [-0.3, -0.25) is 0 Å². The van der Waals surface area contributed by atoms with E-state index in [0.29, 0.717) is 5.82 Å². The van der Waals surface area contributed by atoms with Gasteiger partial charge in [-0.05, 0) is 13.0 Å². The van der Waals surface area contributed by atoms with Crippen LogP contribution >= 0.6 is 0 Å². The van der Waals surface area contributed by atoms with Crippen molar-refractivity contribution in [3.8, 4) is 11.3 Å². The van der Waals surface area contributed by atoms with Gasteiger partial charge in [0.2, 0.25) is 0 Å². The van der Waals surface area contributed by atoms with Crippen LogP contribution in [0.1, 0.15) is 18.5 Å². The van der Waals surface area contributed by atoms with E-state index in [9.17, 15) is 0 Å². The Labute approximate surface area is 155 Å². The lowest BCUT2D eigenvalue weighted by atomic mass is 10.0. The molecular weight excluding hydrogens is 340 g/mol. The van der Waals surface area contributed by atoms with Crippen molar-refractivity contribution in [2.24, 2.45) is 0 Å². The Morgan fingerprint density at radius 2 is 2.00 bits per heavy atom. The molecule has 3 heterocycles. The van der Waals surface area contributed by atoms with Crippen molar-refractivity contribution in [1.82, 2.24) is 24.6 Å². The number of nitrogens with two attached hydrogens (primary N) is 1. The standard InChI is InChI=1S/C19H16N8/c1-12(25-19-17(21-2)18(20)23-11-24-19)14-10-15-22-8-9-27(15)26-16(14)13-6-4-3-5-7-13/h3-12H,1H3,(H3,20,23,24,25)/t12-/m1/s1. The highest BCUT2D eigenvalue weighted by Gasteiger charge is 2.18. The molecule has 4 aromatic rings. The predicted octanol–water partition coefficient (Wildman–Crippen LogP) is 3.49. The van der Waals surface area contributed by atoms with E-state index in [1.54, 1.807) is 10.7 Å². The van der Waals surface area contributed by atoms with Crippen molar-refractivity contribution < 1.29 is 0 Å². The molecule has 0 fully saturated rings. The molecule has 0 bridgehead atoms. The first-order valence-electron chi connectivity index (χ1n) is 8.31. The van der Waals surface area contributed by atoms with E-state index >= 15 is 0 Å². The predicted molar refractivity (Wildman–Crippen MR) is 103 cm³/mol. The van der Waals surface area contributed by atoms with Crippen molar-refractivity contribution in [1.29, 1.82) is 0 Å². The third-order valence-electron chi connectivity index (χ3n) is 4.24. The quantitative estimate of drug-likeness (QED) is 0.543. The van der Waals surface area contributed by atoms with Crippen LogP contribution in [-0.4, -0.2) is 24.6 Å². The number of nitrogens with zero attached hydrogens (tertiary/aromatic N) is 6. The molecule has 1 aromatic carbocycles. The van der Waals surface area contributed by atoms with Gasteiger partial charge >= 0.3 is 0 Å². The van der Waals surface area contributed by atoms with Crippen LogP contribution in [0, 0.1) is 6.57 Å². The first-order chi connectivity index (χ1) is 13.2. The van der Waals surface area contributed by atoms with E-state index in [2.05, 4.69) is 25.1 Å². The van der Waals surface area contributed by atoms with Gasteiger partial charge in [0, 0.05) is 23.5 Å². The average Bonchev–Trinajstić information content (AvgIpc) is 3.15. The van der Waals surface area contributed by atoms with Crippen molar-refractivity contribution in [3.05, 3.63) is 72.1 Å². The maximum atomic E-state index is 7.34. The lowest BCUT2D eigenvalue weighted by molar-refractivity contribution is 0.841. The first-order valence-corrected chi connectivity index (χ1v) is 8.31. The number of fused-ring (bicyclic) bond motifs is 1. The van der Waals surface area contributed by atoms with Gasteiger partial charge in [-0.1, -0.05) is 30.3 Å². The van der Waals surface area contributed by atoms with Crippen LogP contribution in [0.25, 0.3) is 21.7 Å². The van der Waals surface area contributed by atoms with Crippen LogP contribution in [0.3, 0.4) is 0 Å². The SMILES string of the molecule is [C-]#[N+]c1c(N)ncnc1N[C@H](C)c1cc2nccn2nc1-c1ccccc1. The molecule has 3 aromatic heterocycles. The molecule has 0 aliphatic rings. The van der Waals surface area contributed by atoms with Crippen molar-refractivity contribution in [3.63, 3.8) is 0 Å². The van der Waals surface area contributed by atoms with Gasteiger partial charge < -0.3 is 11.1 Å². The number of nitrogen functional groups attached to an aromatic ring is 1. The summed E-state index contributed by atoms with van der Waals surface area (Å²) in [6.07, 6.45) is 4.86. The fourth-order valence-corrected chi connectivity index (χ4v) is 2.91. The second-order valence-electron chi connectivity index (χ2n) is 5.98. The highest BCUT2D eigenvalue weighted by molar-refractivity contribution is 5.76. The lowest BCUT2D eigenvalue weighted by Crippen LogP contribution is -2.12. The number of hydrogen-bond acceptors (Lipinski definition) is 6. The normalized spacial score (nSPS) is 11.9. The maximum Gasteiger partial charge on any atom is 0.268 e. The largest absolute Gasteiger partial charge is 0.392 e. The monoisotopic (exact) mass is 356 g/mol. The topological polar surface area (TPSA) is 98.4 Å². The van der Waals surface area contributed by atoms with E-state index in [-0.39, 0.29) is 17.5 Å². The average molecular weight is 356 g/mol. The summed E-state index contributed by atoms with van der Waals surface area (Å²) in [5, 5.41) is 7.99. The van der Waals surface area contributed by atoms with Gasteiger partial charge in [0.25, 0.3) is 5.69 Å². The zero-order chi connectivity index (χ0) is 18.8. The highest BCUT2D eigenvalue weighted by atomic mass is 15.2. The summed E-state index contributed by atoms with van der Waals surface area (Å²) in [6, 6.07) is 11.7. The fourth-order valence-electron chi connectivity index (χ4n) is 2.91. The minimum atomic E-state index is -0.191. The Bertz CT molecular complexity index is 1140. The van der Waals surface area contributed by atoms with E-state index in [4.69, 9.17) is 17.4 Å². The van der Waals surface area contributed by atoms with Crippen LogP contribution in [-0.2, 0) is 0 Å². The summed E-state index contributed by atoms with van der Waals surface area (Å²) >= 11 is 0. The van der Waals surface area contributed by atoms with Gasteiger partial charge in [0.05, 0.1) is 18.3 Å². The molecule has 0 aliphatic carbocycles. The molecule has 0 saturated heterocycles. The summed E-state index contributed by atoms with van der Waals surface area (Å²) in [5.74, 6) is 0.548. The molecule has 4 rings (SSSR count). The summed E-state index contributed by atoms with van der Waals surface area (Å²) < 4.78 is 1.74. The highest BCUT2D eigenvalue weighted by Crippen LogP contribution is 2.33. The van der Waals surface area contributed by atoms with Crippen molar-refractivity contribution >= 4 is 23.0 Å². The van der Waals surface area contributed by atoms with E-state index in [0.717, 1.165) is 22.5 Å². The molecule has 8 heteroatoms. The van der Waals surface area contributed by atoms with Gasteiger partial charge in [-0.2, -0.15) is 5.10 Å². The molecule has 0 spiro atoms. The summed E-state index contributed by atoms with van der Waals surface area (Å²) in [7, 11) is 0. The number of rotatable bonds is 4. The van der Waals surface area contributed by atoms with Crippen LogP contribution in [0.4, 0.5) is 17.3 Å². The number of imidazole rings is 1. The van der Waals surface area contributed by atoms with Crippen LogP contribution in [0.15, 0.2) is 55.1 Å². The van der Waals surface area contributed by atoms with E-state index in [1.165, 1.54) is 6.33 Å². The number of aromatic nitrogens is 5. The lowest BCUT2D eigenvalue weighted by Gasteiger charge is -2.19. The zero-order valence-corrected chi connectivity index (χ0v) is 14.5. The second kappa shape index (κ2) is 6.72. The van der Waals surface area contributed by atoms with Crippen molar-refractivity contribution in [2.45, 2.75) is 13.0 Å². The Hall–Kier alpha value is -3.99. The van der Waals surface area contributed by atoms with Gasteiger partial charge in [-0.15, -0.1) is 0 Å². The third kappa shape index (κ3) is 3.02. The number of nitrogens with one attached hydrogen (secondary N) is 1. The summed E-state index contributed by atoms with van der Waals surface area (Å²) in [4.78, 5) is 15.8. The molecule has 0 unspecified atom stereocenters. The van der Waals surface area contributed by atoms with E-state index in [1.807, 2.05) is 49.5 Å². The van der Waals surface area contributed by atoms with Crippen molar-refractivity contribution in [2.75, 3.05) is 11.1 Å². The Morgan fingerprint density at radius 3 is 2.78 bits per heavy atom. The second-order valence-corrected chi connectivity index (χ2v) is 5.98. The van der Waals surface area contributed by atoms with Crippen LogP contribution in [0.5, 0.6) is 0 Å². The van der Waals surface area contributed by atoms with Gasteiger partial charge in [-0.25, -0.2) is 24.3 Å². The number of anilines is 2. The summed E-state index contributed by atoms with van der Waals surface area (Å²) in [6.45, 7) is 9.32. The van der Waals surface area contributed by atoms with Gasteiger partial charge in [0.1, 0.15) is 18.0 Å². The molecule has 8 nitrogen and oxygen atoms in total. The molecular formula is C19H16N8. The van der Waals surface area contributed by atoms with Crippen LogP contribution in [0.2, 0.25) is 0 Å². The smallest absolute Gasteiger partial charge is 0.268 e. The van der Waals surface area contributed by atoms with Gasteiger partial charge in [0.15, 0.2) is 5.65 Å². The molecule has 1 atom stereocenters. The summed E-state index contributed by atoms with van der Waals surface area (Å²) in [5.41, 5.74) is 9.50.